The molecule has 1 aliphatic heterocycles. The lowest BCUT2D eigenvalue weighted by molar-refractivity contribution is -0.129. The van der Waals surface area contributed by atoms with E-state index in [1.165, 1.54) is 0 Å². The third-order valence-electron chi connectivity index (χ3n) is 8.18. The first-order valence-electron chi connectivity index (χ1n) is 16.2. The summed E-state index contributed by atoms with van der Waals surface area (Å²) in [6.45, 7) is 0.692. The van der Waals surface area contributed by atoms with Gasteiger partial charge in [-0.1, -0.05) is 54.6 Å². The number of hydrazine groups is 1. The summed E-state index contributed by atoms with van der Waals surface area (Å²) in [7, 11) is 6.24. The van der Waals surface area contributed by atoms with Crippen molar-refractivity contribution in [3.63, 3.8) is 0 Å². The molecule has 0 saturated heterocycles. The highest BCUT2D eigenvalue weighted by atomic mass is 16.5. The first kappa shape index (κ1) is 35.8. The monoisotopic (exact) mass is 681 g/mol. The van der Waals surface area contributed by atoms with Crippen LogP contribution in [-0.2, 0) is 16.1 Å². The number of amides is 1. The van der Waals surface area contributed by atoms with E-state index < -0.39 is 17.6 Å². The molecule has 0 aliphatic carbocycles. The van der Waals surface area contributed by atoms with E-state index in [4.69, 9.17) is 38.5 Å². The van der Waals surface area contributed by atoms with E-state index in [1.54, 1.807) is 28.4 Å². The number of hydrogen-bond donors (Lipinski definition) is 3. The molecule has 4 aromatic rings. The third-order valence-corrected chi connectivity index (χ3v) is 8.18. The Morgan fingerprint density at radius 1 is 0.880 bits per heavy atom. The average molecular weight is 682 g/mol. The van der Waals surface area contributed by atoms with Crippen LogP contribution < -0.4 is 34.5 Å². The Balaban J connectivity index is 1.50. The molecular formula is C39H43N3O8. The largest absolute Gasteiger partial charge is 0.497 e. The number of aliphatic imine (C=N–C) groups is 1. The highest BCUT2D eigenvalue weighted by molar-refractivity contribution is 6.01. The molecule has 0 aromatic heterocycles. The van der Waals surface area contributed by atoms with Crippen molar-refractivity contribution in [2.75, 3.05) is 41.7 Å². The third kappa shape index (κ3) is 8.36. The normalized spacial score (nSPS) is 16.7. The summed E-state index contributed by atoms with van der Waals surface area (Å²) in [4.78, 5) is 19.6. The quantitative estimate of drug-likeness (QED) is 0.0955. The number of carbonyl (C=O) groups is 1. The van der Waals surface area contributed by atoms with Crippen LogP contribution in [0.1, 0.15) is 41.2 Å². The molecule has 0 unspecified atom stereocenters. The van der Waals surface area contributed by atoms with Crippen LogP contribution >= 0.6 is 0 Å². The smallest absolute Gasteiger partial charge is 0.266 e. The molecule has 0 radical (unpaired) electrons. The lowest BCUT2D eigenvalue weighted by atomic mass is 9.84. The van der Waals surface area contributed by atoms with Gasteiger partial charge < -0.3 is 33.5 Å². The molecule has 0 saturated carbocycles. The van der Waals surface area contributed by atoms with Crippen LogP contribution in [0.2, 0.25) is 0 Å². The molecule has 2 atom stereocenters. The summed E-state index contributed by atoms with van der Waals surface area (Å²) in [5, 5.41) is 9.10. The number of nitrogens with zero attached hydrogens (tertiary/aromatic N) is 1. The molecule has 1 amide bonds. The molecule has 262 valence electrons. The van der Waals surface area contributed by atoms with E-state index in [1.807, 2.05) is 103 Å². The van der Waals surface area contributed by atoms with Crippen molar-refractivity contribution in [3.8, 4) is 28.7 Å². The predicted molar refractivity (Wildman–Crippen MR) is 191 cm³/mol. The molecule has 5 rings (SSSR count). The maximum absolute atomic E-state index is 14.5. The second-order valence-electron chi connectivity index (χ2n) is 11.4. The first-order chi connectivity index (χ1) is 24.4. The highest BCUT2D eigenvalue weighted by Gasteiger charge is 2.52. The molecular weight excluding hydrogens is 638 g/mol. The molecule has 1 aliphatic rings. The number of ether oxygens (including phenoxy) is 6. The number of benzene rings is 4. The fourth-order valence-electron chi connectivity index (χ4n) is 5.63. The summed E-state index contributed by atoms with van der Waals surface area (Å²) in [5.41, 5.74) is 7.73. The van der Waals surface area contributed by atoms with Crippen LogP contribution in [-0.4, -0.2) is 64.1 Å². The lowest BCUT2D eigenvalue weighted by Gasteiger charge is -2.30. The SMILES string of the molecule is COc1cccc([C@@H]2OC(c3ccc(OCCCO)cc3)=N[C@]2(C/C=C/c2ccccc2)C(=O)NNCc2cc(OC)c(OC)c(OC)c2)c1. The van der Waals surface area contributed by atoms with Crippen molar-refractivity contribution in [1.29, 1.82) is 0 Å². The summed E-state index contributed by atoms with van der Waals surface area (Å²) >= 11 is 0. The van der Waals surface area contributed by atoms with Crippen molar-refractivity contribution < 1.29 is 38.3 Å². The average Bonchev–Trinajstić information content (AvgIpc) is 3.56. The molecule has 0 bridgehead atoms. The van der Waals surface area contributed by atoms with Crippen molar-refractivity contribution >= 4 is 17.9 Å². The predicted octanol–water partition coefficient (Wildman–Crippen LogP) is 5.66. The van der Waals surface area contributed by atoms with E-state index in [0.717, 1.165) is 16.7 Å². The van der Waals surface area contributed by atoms with Crippen molar-refractivity contribution in [2.45, 2.75) is 31.0 Å². The molecule has 0 spiro atoms. The van der Waals surface area contributed by atoms with Gasteiger partial charge in [0.1, 0.15) is 11.5 Å². The standard InChI is InChI=1S/C39H43N3O8/c1-45-32-15-8-14-30(25-32)36-39(20-9-13-27-11-6-5-7-12-27,41-37(50-36)29-16-18-31(19-17-29)49-22-10-21-43)38(44)42-40-26-28-23-33(46-2)35(48-4)34(24-28)47-3/h5-9,11-19,23-25,36,40,43H,10,20-22,26H2,1-4H3,(H,42,44)/b13-9+/t36-,39-/m0/s1. The lowest BCUT2D eigenvalue weighted by Crippen LogP contribution is -2.52. The van der Waals surface area contributed by atoms with E-state index >= 15 is 0 Å². The molecule has 4 aromatic carbocycles. The van der Waals surface area contributed by atoms with Gasteiger partial charge in [-0.25, -0.2) is 10.4 Å². The van der Waals surface area contributed by atoms with Gasteiger partial charge >= 0.3 is 0 Å². The zero-order valence-electron chi connectivity index (χ0n) is 28.7. The second kappa shape index (κ2) is 17.2. The summed E-state index contributed by atoms with van der Waals surface area (Å²) < 4.78 is 34.3. The topological polar surface area (TPSA) is 129 Å². The van der Waals surface area contributed by atoms with Crippen LogP contribution in [0, 0.1) is 0 Å². The van der Waals surface area contributed by atoms with Crippen LogP contribution in [0.25, 0.3) is 6.08 Å². The highest BCUT2D eigenvalue weighted by Crippen LogP contribution is 2.44. The van der Waals surface area contributed by atoms with Crippen LogP contribution in [0.3, 0.4) is 0 Å². The minimum Gasteiger partial charge on any atom is -0.497 e. The fraction of sp³-hybridized carbons (Fsp3) is 0.282. The summed E-state index contributed by atoms with van der Waals surface area (Å²) in [6, 6.07) is 28.2. The van der Waals surface area contributed by atoms with Crippen molar-refractivity contribution in [2.24, 2.45) is 4.99 Å². The van der Waals surface area contributed by atoms with Gasteiger partial charge in [-0.3, -0.25) is 10.2 Å². The molecule has 1 heterocycles. The Morgan fingerprint density at radius 2 is 1.62 bits per heavy atom. The van der Waals surface area contributed by atoms with Crippen LogP contribution in [0.4, 0.5) is 0 Å². The molecule has 3 N–H and O–H groups in total. The maximum Gasteiger partial charge on any atom is 0.266 e. The van der Waals surface area contributed by atoms with Crippen LogP contribution in [0.15, 0.2) is 102 Å². The van der Waals surface area contributed by atoms with Gasteiger partial charge in [-0.05, 0) is 65.2 Å². The van der Waals surface area contributed by atoms with Gasteiger partial charge in [-0.2, -0.15) is 0 Å². The van der Waals surface area contributed by atoms with Crippen LogP contribution in [0.5, 0.6) is 28.7 Å². The zero-order valence-corrected chi connectivity index (χ0v) is 28.7. The van der Waals surface area contributed by atoms with E-state index in [9.17, 15) is 4.79 Å². The number of aliphatic hydroxyl groups is 1. The van der Waals surface area contributed by atoms with Gasteiger partial charge in [0.25, 0.3) is 5.91 Å². The molecule has 11 heteroatoms. The van der Waals surface area contributed by atoms with Gasteiger partial charge in [-0.15, -0.1) is 0 Å². The van der Waals surface area contributed by atoms with Crippen molar-refractivity contribution in [1.82, 2.24) is 10.9 Å². The molecule has 0 fully saturated rings. The Morgan fingerprint density at radius 3 is 2.28 bits per heavy atom. The number of nitrogens with one attached hydrogen (secondary N) is 2. The van der Waals surface area contributed by atoms with E-state index in [0.29, 0.717) is 53.2 Å². The number of hydrogen-bond acceptors (Lipinski definition) is 10. The molecule has 50 heavy (non-hydrogen) atoms. The van der Waals surface area contributed by atoms with Gasteiger partial charge in [0, 0.05) is 31.6 Å². The first-order valence-corrected chi connectivity index (χ1v) is 16.2. The Kier molecular flexibility index (Phi) is 12.3. The number of carbonyl (C=O) groups excluding carboxylic acids is 1. The Bertz CT molecular complexity index is 1750. The van der Waals surface area contributed by atoms with E-state index in [2.05, 4.69) is 10.9 Å². The number of rotatable bonds is 17. The van der Waals surface area contributed by atoms with E-state index in [-0.39, 0.29) is 19.6 Å². The molecule has 11 nitrogen and oxygen atoms in total. The Labute approximate surface area is 292 Å². The number of aliphatic hydroxyl groups excluding tert-OH is 1. The summed E-state index contributed by atoms with van der Waals surface area (Å²) in [5.74, 6) is 2.66. The van der Waals surface area contributed by atoms with Gasteiger partial charge in [0.05, 0.1) is 35.0 Å². The minimum atomic E-state index is -1.43. The number of methoxy groups -OCH3 is 4. The summed E-state index contributed by atoms with van der Waals surface area (Å²) in [6.07, 6.45) is 3.84. The minimum absolute atomic E-state index is 0.0502. The maximum atomic E-state index is 14.5. The van der Waals surface area contributed by atoms with Gasteiger partial charge in [0.15, 0.2) is 23.1 Å². The Hall–Kier alpha value is -5.52. The second-order valence-corrected chi connectivity index (χ2v) is 11.4. The van der Waals surface area contributed by atoms with Gasteiger partial charge in [0.2, 0.25) is 11.6 Å². The fourth-order valence-corrected chi connectivity index (χ4v) is 5.63. The zero-order chi connectivity index (χ0) is 35.3. The van der Waals surface area contributed by atoms with Crippen molar-refractivity contribution in [3.05, 3.63) is 119 Å².